The van der Waals surface area contributed by atoms with Gasteiger partial charge in [-0.3, -0.25) is 4.79 Å². The Morgan fingerprint density at radius 1 is 1.55 bits per heavy atom. The predicted molar refractivity (Wildman–Crippen MR) is 39.9 cm³/mol. The summed E-state index contributed by atoms with van der Waals surface area (Å²) in [5.74, 6) is -0.0666. The lowest BCUT2D eigenvalue weighted by Crippen LogP contribution is -2.21. The van der Waals surface area contributed by atoms with Gasteiger partial charge in [-0.2, -0.15) is 4.99 Å². The first-order valence-corrected chi connectivity index (χ1v) is 3.64. The topological polar surface area (TPSA) is 32.7 Å². The molecule has 0 unspecified atom stereocenters. The van der Waals surface area contributed by atoms with Crippen LogP contribution in [0.2, 0.25) is 0 Å². The van der Waals surface area contributed by atoms with E-state index in [4.69, 9.17) is 0 Å². The predicted octanol–water partition coefficient (Wildman–Crippen LogP) is 0.455. The van der Waals surface area contributed by atoms with E-state index in [1.54, 1.807) is 6.34 Å². The molecule has 3 heteroatoms. The van der Waals surface area contributed by atoms with Crippen LogP contribution in [0.25, 0.3) is 0 Å². The van der Waals surface area contributed by atoms with Crippen molar-refractivity contribution in [3.63, 3.8) is 0 Å². The molecule has 1 saturated carbocycles. The highest BCUT2D eigenvalue weighted by molar-refractivity contribution is 6.06. The molecule has 0 N–H and O–H groups in total. The Labute approximate surface area is 63.7 Å². The van der Waals surface area contributed by atoms with Crippen molar-refractivity contribution in [1.82, 2.24) is 4.90 Å². The van der Waals surface area contributed by atoms with Crippen LogP contribution >= 0.6 is 0 Å². The maximum Gasteiger partial charge on any atom is 0.295 e. The molecular weight excluding hydrogens is 140 g/mol. The molecular formula is C8H6N2O. The Morgan fingerprint density at radius 3 is 3.36 bits per heavy atom. The maximum absolute atomic E-state index is 11.1. The van der Waals surface area contributed by atoms with Crippen molar-refractivity contribution in [2.24, 2.45) is 4.99 Å². The summed E-state index contributed by atoms with van der Waals surface area (Å²) < 4.78 is 0. The van der Waals surface area contributed by atoms with Gasteiger partial charge in [0, 0.05) is 13.0 Å². The van der Waals surface area contributed by atoms with Gasteiger partial charge in [0.25, 0.3) is 5.91 Å². The first-order valence-electron chi connectivity index (χ1n) is 3.64. The number of hydrogen-bond donors (Lipinski definition) is 0. The molecule has 0 aromatic rings. The molecule has 0 saturated heterocycles. The Balaban J connectivity index is 2.21. The van der Waals surface area contributed by atoms with Crippen LogP contribution in [0.3, 0.4) is 0 Å². The highest BCUT2D eigenvalue weighted by Crippen LogP contribution is 2.44. The van der Waals surface area contributed by atoms with Gasteiger partial charge in [0.05, 0.1) is 6.34 Å². The van der Waals surface area contributed by atoms with Crippen LogP contribution in [-0.4, -0.2) is 23.7 Å². The van der Waals surface area contributed by atoms with E-state index in [1.807, 2.05) is 4.90 Å². The molecule has 1 aliphatic carbocycles. The largest absolute Gasteiger partial charge is 0.324 e. The van der Waals surface area contributed by atoms with E-state index in [-0.39, 0.29) is 5.91 Å². The van der Waals surface area contributed by atoms with Crippen LogP contribution < -0.4 is 0 Å². The van der Waals surface area contributed by atoms with Gasteiger partial charge >= 0.3 is 0 Å². The first-order chi connectivity index (χ1) is 5.36. The molecule has 0 radical (unpaired) electrons. The molecule has 0 bridgehead atoms. The summed E-state index contributed by atoms with van der Waals surface area (Å²) in [4.78, 5) is 16.8. The Kier molecular flexibility index (Phi) is 0.695. The quantitative estimate of drug-likeness (QED) is 0.497. The SMILES string of the molecule is O=C1N=CN2CC=C3CC3=C12. The molecule has 0 aromatic heterocycles. The van der Waals surface area contributed by atoms with E-state index in [0.29, 0.717) is 0 Å². The lowest BCUT2D eigenvalue weighted by atomic mass is 10.2. The molecule has 2 aliphatic heterocycles. The molecule has 0 aromatic carbocycles. The zero-order valence-electron chi connectivity index (χ0n) is 5.87. The third-order valence-corrected chi connectivity index (χ3v) is 2.25. The minimum atomic E-state index is -0.0666. The molecule has 0 spiro atoms. The van der Waals surface area contributed by atoms with Crippen LogP contribution in [0.5, 0.6) is 0 Å². The average Bonchev–Trinajstić information content (AvgIpc) is 2.71. The monoisotopic (exact) mass is 146 g/mol. The number of allylic oxidation sites excluding steroid dienone is 2. The summed E-state index contributed by atoms with van der Waals surface area (Å²) in [7, 11) is 0. The van der Waals surface area contributed by atoms with Gasteiger partial charge in [0.2, 0.25) is 0 Å². The Bertz CT molecular complexity index is 349. The molecule has 1 amide bonds. The Hall–Kier alpha value is -1.38. The number of fused-ring (bicyclic) bond motifs is 2. The molecule has 54 valence electrons. The Morgan fingerprint density at radius 2 is 2.45 bits per heavy atom. The minimum absolute atomic E-state index is 0.0666. The molecule has 3 rings (SSSR count). The minimum Gasteiger partial charge on any atom is -0.324 e. The van der Waals surface area contributed by atoms with Gasteiger partial charge in [-0.1, -0.05) is 6.08 Å². The van der Waals surface area contributed by atoms with Crippen molar-refractivity contribution in [3.8, 4) is 0 Å². The summed E-state index contributed by atoms with van der Waals surface area (Å²) in [5.41, 5.74) is 3.37. The molecule has 3 aliphatic rings. The highest BCUT2D eigenvalue weighted by Gasteiger charge is 2.36. The van der Waals surface area contributed by atoms with Gasteiger partial charge in [-0.25, -0.2) is 0 Å². The second kappa shape index (κ2) is 1.44. The number of nitrogens with zero attached hydrogens (tertiary/aromatic N) is 2. The van der Waals surface area contributed by atoms with Crippen LogP contribution in [0, 0.1) is 0 Å². The number of rotatable bonds is 0. The summed E-state index contributed by atoms with van der Waals surface area (Å²) in [6, 6.07) is 0. The van der Waals surface area contributed by atoms with Crippen molar-refractivity contribution in [3.05, 3.63) is 22.9 Å². The maximum atomic E-state index is 11.1. The third kappa shape index (κ3) is 0.533. The second-order valence-corrected chi connectivity index (χ2v) is 2.94. The van der Waals surface area contributed by atoms with E-state index in [9.17, 15) is 4.79 Å². The normalized spacial score (nSPS) is 25.3. The van der Waals surface area contributed by atoms with E-state index in [2.05, 4.69) is 11.1 Å². The van der Waals surface area contributed by atoms with Crippen molar-refractivity contribution in [1.29, 1.82) is 0 Å². The number of hydrogen-bond acceptors (Lipinski definition) is 2. The van der Waals surface area contributed by atoms with Crippen molar-refractivity contribution in [2.75, 3.05) is 6.54 Å². The summed E-state index contributed by atoms with van der Waals surface area (Å²) >= 11 is 0. The number of amides is 1. The first kappa shape index (κ1) is 5.29. The fraction of sp³-hybridized carbons (Fsp3) is 0.250. The van der Waals surface area contributed by atoms with Gasteiger partial charge in [-0.15, -0.1) is 0 Å². The molecule has 1 fully saturated rings. The zero-order chi connectivity index (χ0) is 7.42. The van der Waals surface area contributed by atoms with Gasteiger partial charge < -0.3 is 4.90 Å². The molecule has 3 nitrogen and oxygen atoms in total. The molecule has 2 heterocycles. The second-order valence-electron chi connectivity index (χ2n) is 2.94. The third-order valence-electron chi connectivity index (χ3n) is 2.25. The van der Waals surface area contributed by atoms with E-state index in [0.717, 1.165) is 18.7 Å². The summed E-state index contributed by atoms with van der Waals surface area (Å²) in [6.07, 6.45) is 4.78. The van der Waals surface area contributed by atoms with E-state index >= 15 is 0 Å². The standard InChI is InChI=1S/C8H6N2O/c11-8-7-6-3-5(6)1-2-10(7)4-9-8/h1,4H,2-3H2. The van der Waals surface area contributed by atoms with Crippen molar-refractivity contribution < 1.29 is 4.79 Å². The molecule has 0 atom stereocenters. The van der Waals surface area contributed by atoms with Crippen molar-refractivity contribution in [2.45, 2.75) is 6.42 Å². The van der Waals surface area contributed by atoms with Gasteiger partial charge in [0.15, 0.2) is 0 Å². The lowest BCUT2D eigenvalue weighted by molar-refractivity contribution is -0.114. The molecule has 11 heavy (non-hydrogen) atoms. The van der Waals surface area contributed by atoms with E-state index < -0.39 is 0 Å². The van der Waals surface area contributed by atoms with Crippen molar-refractivity contribution >= 4 is 12.2 Å². The fourth-order valence-corrected chi connectivity index (χ4v) is 1.59. The highest BCUT2D eigenvalue weighted by atomic mass is 16.2. The summed E-state index contributed by atoms with van der Waals surface area (Å²) in [6.45, 7) is 0.823. The van der Waals surface area contributed by atoms with Crippen LogP contribution in [-0.2, 0) is 4.79 Å². The fourth-order valence-electron chi connectivity index (χ4n) is 1.59. The average molecular weight is 146 g/mol. The van der Waals surface area contributed by atoms with Gasteiger partial charge in [0.1, 0.15) is 5.70 Å². The summed E-state index contributed by atoms with van der Waals surface area (Å²) in [5, 5.41) is 0. The zero-order valence-corrected chi connectivity index (χ0v) is 5.87. The lowest BCUT2D eigenvalue weighted by Gasteiger charge is -2.14. The number of carbonyl (C=O) groups is 1. The smallest absolute Gasteiger partial charge is 0.295 e. The van der Waals surface area contributed by atoms with Crippen LogP contribution in [0.15, 0.2) is 27.9 Å². The number of aliphatic imine (C=N–C) groups is 1. The van der Waals surface area contributed by atoms with Crippen LogP contribution in [0.1, 0.15) is 6.42 Å². The van der Waals surface area contributed by atoms with Crippen LogP contribution in [0.4, 0.5) is 0 Å². The van der Waals surface area contributed by atoms with Gasteiger partial charge in [-0.05, 0) is 11.1 Å². The van der Waals surface area contributed by atoms with E-state index in [1.165, 1.54) is 11.1 Å². The number of carbonyl (C=O) groups excluding carboxylic acids is 1.